The van der Waals surface area contributed by atoms with Gasteiger partial charge in [0.1, 0.15) is 6.61 Å². The van der Waals surface area contributed by atoms with Gasteiger partial charge in [0.25, 0.3) is 0 Å². The normalized spacial score (nSPS) is 10.8. The molecule has 0 saturated carbocycles. The van der Waals surface area contributed by atoms with Crippen LogP contribution in [0.5, 0.6) is 0 Å². The number of amides is 2. The van der Waals surface area contributed by atoms with Gasteiger partial charge in [-0.25, -0.2) is 9.59 Å². The van der Waals surface area contributed by atoms with Crippen molar-refractivity contribution in [3.63, 3.8) is 0 Å². The van der Waals surface area contributed by atoms with Gasteiger partial charge in [0, 0.05) is 25.7 Å². The first-order valence-electron chi connectivity index (χ1n) is 6.51. The number of carbonyl (C=O) groups is 2. The first kappa shape index (κ1) is 18.4. The highest BCUT2D eigenvalue weighted by Crippen LogP contribution is 2.07. The SMILES string of the molecule is C=C(C)C(=O)OCCNC(=O)NC(C)(OCC)OCC. The lowest BCUT2D eigenvalue weighted by atomic mass is 10.4. The van der Waals surface area contributed by atoms with E-state index in [1.165, 1.54) is 0 Å². The second kappa shape index (κ2) is 9.33. The highest BCUT2D eigenvalue weighted by molar-refractivity contribution is 5.86. The number of nitrogens with one attached hydrogen (secondary N) is 2. The summed E-state index contributed by atoms with van der Waals surface area (Å²) in [5.74, 6) is -1.66. The predicted molar refractivity (Wildman–Crippen MR) is 74.0 cm³/mol. The molecule has 0 spiro atoms. The Morgan fingerprint density at radius 2 is 1.75 bits per heavy atom. The van der Waals surface area contributed by atoms with Crippen molar-refractivity contribution in [3.8, 4) is 0 Å². The smallest absolute Gasteiger partial charge is 0.333 e. The van der Waals surface area contributed by atoms with Crippen LogP contribution in [0.2, 0.25) is 0 Å². The summed E-state index contributed by atoms with van der Waals surface area (Å²) in [5.41, 5.74) is 0.315. The molecule has 20 heavy (non-hydrogen) atoms. The van der Waals surface area contributed by atoms with Crippen LogP contribution in [0.15, 0.2) is 12.2 Å². The van der Waals surface area contributed by atoms with E-state index >= 15 is 0 Å². The molecular weight excluding hydrogens is 264 g/mol. The van der Waals surface area contributed by atoms with Gasteiger partial charge in [0.2, 0.25) is 5.91 Å². The molecule has 0 heterocycles. The Bertz CT molecular complexity index is 338. The van der Waals surface area contributed by atoms with Gasteiger partial charge < -0.3 is 19.5 Å². The molecule has 2 N–H and O–H groups in total. The van der Waals surface area contributed by atoms with Crippen molar-refractivity contribution in [2.45, 2.75) is 33.6 Å². The lowest BCUT2D eigenvalue weighted by Gasteiger charge is -2.29. The average Bonchev–Trinajstić information content (AvgIpc) is 2.34. The molecule has 0 aliphatic heterocycles. The Balaban J connectivity index is 4.02. The van der Waals surface area contributed by atoms with Crippen LogP contribution in [0.4, 0.5) is 4.79 Å². The van der Waals surface area contributed by atoms with Gasteiger partial charge >= 0.3 is 12.0 Å². The van der Waals surface area contributed by atoms with Gasteiger partial charge in [-0.05, 0) is 20.8 Å². The number of esters is 1. The van der Waals surface area contributed by atoms with E-state index in [1.807, 2.05) is 0 Å². The fourth-order valence-corrected chi connectivity index (χ4v) is 1.35. The van der Waals surface area contributed by atoms with Crippen molar-refractivity contribution in [2.24, 2.45) is 0 Å². The summed E-state index contributed by atoms with van der Waals surface area (Å²) in [6.45, 7) is 11.3. The van der Waals surface area contributed by atoms with Crippen molar-refractivity contribution >= 4 is 12.0 Å². The fourth-order valence-electron chi connectivity index (χ4n) is 1.35. The Kier molecular flexibility index (Phi) is 8.58. The van der Waals surface area contributed by atoms with Crippen molar-refractivity contribution in [2.75, 3.05) is 26.4 Å². The van der Waals surface area contributed by atoms with Crippen LogP contribution in [-0.4, -0.2) is 44.3 Å². The van der Waals surface area contributed by atoms with E-state index in [-0.39, 0.29) is 13.2 Å². The summed E-state index contributed by atoms with van der Waals surface area (Å²) < 4.78 is 15.5. The Morgan fingerprint density at radius 1 is 1.20 bits per heavy atom. The Labute approximate surface area is 119 Å². The molecule has 0 aliphatic rings. The molecule has 0 fully saturated rings. The highest BCUT2D eigenvalue weighted by Gasteiger charge is 2.27. The maximum Gasteiger partial charge on any atom is 0.333 e. The number of hydrogen-bond donors (Lipinski definition) is 2. The van der Waals surface area contributed by atoms with Crippen molar-refractivity contribution in [1.29, 1.82) is 0 Å². The van der Waals surface area contributed by atoms with E-state index in [0.29, 0.717) is 18.8 Å². The average molecular weight is 288 g/mol. The zero-order valence-electron chi connectivity index (χ0n) is 12.6. The maximum atomic E-state index is 11.6. The molecule has 116 valence electrons. The lowest BCUT2D eigenvalue weighted by molar-refractivity contribution is -0.232. The second-order valence-electron chi connectivity index (χ2n) is 4.11. The standard InChI is InChI=1S/C13H24N2O5/c1-6-19-13(5,20-7-2)15-12(17)14-8-9-18-11(16)10(3)4/h3,6-9H2,1-2,4-5H3,(H2,14,15,17). The fraction of sp³-hybridized carbons (Fsp3) is 0.692. The summed E-state index contributed by atoms with van der Waals surface area (Å²) in [6, 6.07) is -0.472. The predicted octanol–water partition coefficient (Wildman–Crippen LogP) is 1.15. The van der Waals surface area contributed by atoms with Crippen LogP contribution >= 0.6 is 0 Å². The van der Waals surface area contributed by atoms with Crippen LogP contribution < -0.4 is 10.6 Å². The quantitative estimate of drug-likeness (QED) is 0.288. The molecule has 2 amide bonds. The number of carbonyl (C=O) groups excluding carboxylic acids is 2. The molecule has 7 nitrogen and oxygen atoms in total. The maximum absolute atomic E-state index is 11.6. The molecular formula is C13H24N2O5. The van der Waals surface area contributed by atoms with Crippen molar-refractivity contribution in [3.05, 3.63) is 12.2 Å². The van der Waals surface area contributed by atoms with Crippen LogP contribution in [0.3, 0.4) is 0 Å². The molecule has 0 atom stereocenters. The van der Waals surface area contributed by atoms with E-state index < -0.39 is 17.9 Å². The molecule has 0 aromatic carbocycles. The zero-order chi connectivity index (χ0) is 15.6. The van der Waals surface area contributed by atoms with E-state index in [4.69, 9.17) is 14.2 Å². The number of urea groups is 1. The third kappa shape index (κ3) is 7.75. The van der Waals surface area contributed by atoms with Gasteiger partial charge in [-0.2, -0.15) is 0 Å². The van der Waals surface area contributed by atoms with Crippen LogP contribution in [-0.2, 0) is 19.0 Å². The minimum absolute atomic E-state index is 0.0685. The Morgan fingerprint density at radius 3 is 2.20 bits per heavy atom. The van der Waals surface area contributed by atoms with Gasteiger partial charge in [-0.3, -0.25) is 5.32 Å². The van der Waals surface area contributed by atoms with Gasteiger partial charge in [-0.15, -0.1) is 0 Å². The minimum atomic E-state index is -1.18. The largest absolute Gasteiger partial charge is 0.460 e. The summed E-state index contributed by atoms with van der Waals surface area (Å²) in [6.07, 6.45) is 0. The van der Waals surface area contributed by atoms with Gasteiger partial charge in [-0.1, -0.05) is 6.58 Å². The molecule has 0 aromatic heterocycles. The van der Waals surface area contributed by atoms with Crippen LogP contribution in [0.1, 0.15) is 27.7 Å². The molecule has 0 aliphatic carbocycles. The van der Waals surface area contributed by atoms with Gasteiger partial charge in [0.15, 0.2) is 0 Å². The first-order valence-corrected chi connectivity index (χ1v) is 6.51. The zero-order valence-corrected chi connectivity index (χ0v) is 12.6. The van der Waals surface area contributed by atoms with Crippen molar-refractivity contribution in [1.82, 2.24) is 10.6 Å². The lowest BCUT2D eigenvalue weighted by Crippen LogP contribution is -2.54. The van der Waals surface area contributed by atoms with E-state index in [2.05, 4.69) is 17.2 Å². The number of hydrogen-bond acceptors (Lipinski definition) is 5. The van der Waals surface area contributed by atoms with Crippen LogP contribution in [0.25, 0.3) is 0 Å². The van der Waals surface area contributed by atoms with Crippen LogP contribution in [0, 0.1) is 0 Å². The Hall–Kier alpha value is -1.60. The number of rotatable bonds is 9. The van der Waals surface area contributed by atoms with Crippen molar-refractivity contribution < 1.29 is 23.8 Å². The summed E-state index contributed by atoms with van der Waals surface area (Å²) in [7, 11) is 0. The summed E-state index contributed by atoms with van der Waals surface area (Å²) in [5, 5.41) is 5.09. The van der Waals surface area contributed by atoms with E-state index in [9.17, 15) is 9.59 Å². The van der Waals surface area contributed by atoms with E-state index in [0.717, 1.165) is 0 Å². The minimum Gasteiger partial charge on any atom is -0.460 e. The summed E-state index contributed by atoms with van der Waals surface area (Å²) in [4.78, 5) is 22.7. The molecule has 0 rings (SSSR count). The summed E-state index contributed by atoms with van der Waals surface area (Å²) >= 11 is 0. The third-order valence-corrected chi connectivity index (χ3v) is 2.15. The topological polar surface area (TPSA) is 85.9 Å². The highest BCUT2D eigenvalue weighted by atomic mass is 16.7. The molecule has 0 saturated heterocycles. The second-order valence-corrected chi connectivity index (χ2v) is 4.11. The third-order valence-electron chi connectivity index (χ3n) is 2.15. The molecule has 0 aromatic rings. The molecule has 0 unspecified atom stereocenters. The molecule has 0 bridgehead atoms. The first-order chi connectivity index (χ1) is 9.34. The molecule has 0 radical (unpaired) electrons. The number of ether oxygens (including phenoxy) is 3. The molecule has 7 heteroatoms. The van der Waals surface area contributed by atoms with Gasteiger partial charge in [0.05, 0.1) is 6.54 Å². The monoisotopic (exact) mass is 288 g/mol. The van der Waals surface area contributed by atoms with E-state index in [1.54, 1.807) is 27.7 Å².